The molecule has 9 heteroatoms. The van der Waals surface area contributed by atoms with E-state index in [1.165, 1.54) is 0 Å². The van der Waals surface area contributed by atoms with Gasteiger partial charge in [-0.2, -0.15) is 0 Å². The van der Waals surface area contributed by atoms with Crippen LogP contribution in [0.15, 0.2) is 42.9 Å². The van der Waals surface area contributed by atoms with E-state index < -0.39 is 43.8 Å². The number of rotatable bonds is 3. The maximum absolute atomic E-state index is 6.29. The quantitative estimate of drug-likeness (QED) is 0.694. The Bertz CT molecular complexity index is 869. The Balaban J connectivity index is 1.74. The molecule has 0 aromatic heterocycles. The average Bonchev–Trinajstić information content (AvgIpc) is 3.16. The van der Waals surface area contributed by atoms with Crippen molar-refractivity contribution in [2.24, 2.45) is 0 Å². The minimum atomic E-state index is -0.596. The van der Waals surface area contributed by atoms with E-state index >= 15 is 0 Å². The van der Waals surface area contributed by atoms with E-state index in [0.29, 0.717) is 11.5 Å². The molecule has 0 atom stereocenters. The van der Waals surface area contributed by atoms with Gasteiger partial charge in [-0.25, -0.2) is 0 Å². The van der Waals surface area contributed by atoms with Crippen LogP contribution in [0, 0.1) is 0 Å². The molecule has 0 aliphatic carbocycles. The topological polar surface area (TPSA) is 55.4 Å². The number of hydrogen-bond donors (Lipinski definition) is 0. The van der Waals surface area contributed by atoms with Crippen LogP contribution in [-0.2, 0) is 27.9 Å². The second kappa shape index (κ2) is 6.91. The summed E-state index contributed by atoms with van der Waals surface area (Å²) in [5.41, 5.74) is 0.398. The van der Waals surface area contributed by atoms with Crippen molar-refractivity contribution >= 4 is 37.7 Å². The Morgan fingerprint density at radius 1 is 0.548 bits per heavy atom. The highest BCUT2D eigenvalue weighted by atomic mass is 16.7. The Morgan fingerprint density at radius 3 is 1.16 bits per heavy atom. The zero-order valence-corrected chi connectivity index (χ0v) is 19.8. The van der Waals surface area contributed by atoms with Crippen molar-refractivity contribution in [3.05, 3.63) is 42.9 Å². The fraction of sp³-hybridized carbons (Fsp3) is 0.545. The molecular weight excluding hydrogens is 393 g/mol. The van der Waals surface area contributed by atoms with Gasteiger partial charge in [0.1, 0.15) is 11.2 Å². The first-order valence-corrected chi connectivity index (χ1v) is 10.7. The van der Waals surface area contributed by atoms with Gasteiger partial charge in [-0.15, -0.1) is 0 Å². The summed E-state index contributed by atoms with van der Waals surface area (Å²) in [5.74, 6) is 1.17. The molecule has 3 heterocycles. The molecule has 1 aromatic carbocycles. The van der Waals surface area contributed by atoms with Crippen molar-refractivity contribution in [2.75, 3.05) is 0 Å². The summed E-state index contributed by atoms with van der Waals surface area (Å²) in [6, 6.07) is 5.94. The van der Waals surface area contributed by atoms with Gasteiger partial charge in [0.05, 0.1) is 22.7 Å². The average molecular weight is 424 g/mol. The minimum absolute atomic E-state index is 0.457. The predicted molar refractivity (Wildman–Crippen MR) is 124 cm³/mol. The van der Waals surface area contributed by atoms with Crippen LogP contribution in [0.25, 0.3) is 0 Å². The second-order valence-electron chi connectivity index (χ2n) is 10.5. The SMILES string of the molecule is C=C1OB(c2cc(B3OC(=C)C(C)(C)O3)cc(B3OC(C)(C)C(C)(C)O3)c2)OC1(C)C. The lowest BCUT2D eigenvalue weighted by atomic mass is 9.66. The normalized spacial score (nSPS) is 25.7. The first-order chi connectivity index (χ1) is 14.1. The smallest absolute Gasteiger partial charge is 0.534 e. The maximum Gasteiger partial charge on any atom is 0.563 e. The number of benzene rings is 1. The molecule has 0 radical (unpaired) electrons. The van der Waals surface area contributed by atoms with Crippen LogP contribution in [0.2, 0.25) is 0 Å². The van der Waals surface area contributed by atoms with Crippen molar-refractivity contribution in [1.29, 1.82) is 0 Å². The van der Waals surface area contributed by atoms with Gasteiger partial charge < -0.3 is 27.9 Å². The Hall–Kier alpha value is -1.67. The van der Waals surface area contributed by atoms with Gasteiger partial charge >= 0.3 is 21.4 Å². The molecule has 3 aliphatic heterocycles. The van der Waals surface area contributed by atoms with Crippen LogP contribution in [-0.4, -0.2) is 43.8 Å². The van der Waals surface area contributed by atoms with Gasteiger partial charge in [0, 0.05) is 0 Å². The van der Waals surface area contributed by atoms with Crippen LogP contribution >= 0.6 is 0 Å². The van der Waals surface area contributed by atoms with Gasteiger partial charge in [-0.05, 0) is 71.8 Å². The molecule has 0 unspecified atom stereocenters. The highest BCUT2D eigenvalue weighted by molar-refractivity contribution is 6.69. The van der Waals surface area contributed by atoms with Crippen LogP contribution in [0.4, 0.5) is 0 Å². The maximum atomic E-state index is 6.29. The van der Waals surface area contributed by atoms with Crippen molar-refractivity contribution in [3.8, 4) is 0 Å². The van der Waals surface area contributed by atoms with Crippen LogP contribution in [0.5, 0.6) is 0 Å². The summed E-state index contributed by atoms with van der Waals surface area (Å²) in [5, 5.41) is 0. The van der Waals surface area contributed by atoms with E-state index in [0.717, 1.165) is 16.4 Å². The van der Waals surface area contributed by atoms with E-state index in [-0.39, 0.29) is 0 Å². The van der Waals surface area contributed by atoms with Gasteiger partial charge in [0.15, 0.2) is 0 Å². The van der Waals surface area contributed by atoms with Crippen molar-refractivity contribution in [3.63, 3.8) is 0 Å². The molecule has 0 N–H and O–H groups in total. The molecule has 164 valence electrons. The Labute approximate surface area is 186 Å². The lowest BCUT2D eigenvalue weighted by molar-refractivity contribution is 0.00578. The molecule has 6 nitrogen and oxygen atoms in total. The van der Waals surface area contributed by atoms with Crippen LogP contribution in [0.1, 0.15) is 55.4 Å². The zero-order chi connectivity index (χ0) is 23.0. The molecule has 0 amide bonds. The lowest BCUT2D eigenvalue weighted by Crippen LogP contribution is -2.47. The molecule has 0 bridgehead atoms. The van der Waals surface area contributed by atoms with Crippen molar-refractivity contribution in [2.45, 2.75) is 77.8 Å². The van der Waals surface area contributed by atoms with E-state index in [1.807, 2.05) is 73.6 Å². The van der Waals surface area contributed by atoms with E-state index in [4.69, 9.17) is 27.9 Å². The summed E-state index contributed by atoms with van der Waals surface area (Å²) in [4.78, 5) is 0. The van der Waals surface area contributed by atoms with Gasteiger partial charge in [-0.3, -0.25) is 0 Å². The third-order valence-corrected chi connectivity index (χ3v) is 6.71. The minimum Gasteiger partial charge on any atom is -0.534 e. The molecule has 4 rings (SSSR count). The molecule has 1 aromatic rings. The molecule has 0 spiro atoms. The first-order valence-electron chi connectivity index (χ1n) is 10.7. The molecule has 0 saturated carbocycles. The van der Waals surface area contributed by atoms with Gasteiger partial charge in [0.25, 0.3) is 0 Å². The standard InChI is InChI=1S/C22H31B3O6/c1-14-19(3,4)28-23(26-14)16-11-17(24-27-15(2)20(5,6)29-24)13-18(12-16)25-30-21(7,8)22(9,10)31-25/h11-13H,1-2H2,3-10H3. The van der Waals surface area contributed by atoms with E-state index in [1.54, 1.807) is 0 Å². The summed E-state index contributed by atoms with van der Waals surface area (Å²) in [6.45, 7) is 23.8. The molecule has 3 fully saturated rings. The fourth-order valence-electron chi connectivity index (χ4n) is 3.62. The molecule has 31 heavy (non-hydrogen) atoms. The van der Waals surface area contributed by atoms with Crippen LogP contribution < -0.4 is 16.4 Å². The third kappa shape index (κ3) is 3.86. The molecule has 3 saturated heterocycles. The summed E-state index contributed by atoms with van der Waals surface area (Å²) >= 11 is 0. The monoisotopic (exact) mass is 424 g/mol. The van der Waals surface area contributed by atoms with E-state index in [9.17, 15) is 0 Å². The number of hydrogen-bond acceptors (Lipinski definition) is 6. The lowest BCUT2D eigenvalue weighted by Gasteiger charge is -2.32. The summed E-state index contributed by atoms with van der Waals surface area (Å²) < 4.78 is 36.7. The summed E-state index contributed by atoms with van der Waals surface area (Å²) in [7, 11) is -1.73. The zero-order valence-electron chi connectivity index (χ0n) is 19.8. The van der Waals surface area contributed by atoms with Gasteiger partial charge in [0.2, 0.25) is 0 Å². The largest absolute Gasteiger partial charge is 0.563 e. The van der Waals surface area contributed by atoms with Crippen molar-refractivity contribution < 1.29 is 27.9 Å². The van der Waals surface area contributed by atoms with Gasteiger partial charge in [-0.1, -0.05) is 31.4 Å². The van der Waals surface area contributed by atoms with Crippen molar-refractivity contribution in [1.82, 2.24) is 0 Å². The third-order valence-electron chi connectivity index (χ3n) is 6.71. The second-order valence-corrected chi connectivity index (χ2v) is 10.5. The highest BCUT2D eigenvalue weighted by Crippen LogP contribution is 2.36. The van der Waals surface area contributed by atoms with E-state index in [2.05, 4.69) is 13.2 Å². The molecule has 3 aliphatic rings. The fourth-order valence-corrected chi connectivity index (χ4v) is 3.62. The Morgan fingerprint density at radius 2 is 0.871 bits per heavy atom. The van der Waals surface area contributed by atoms with Crippen LogP contribution in [0.3, 0.4) is 0 Å². The summed E-state index contributed by atoms with van der Waals surface area (Å²) in [6.07, 6.45) is 0. The Kier molecular flexibility index (Phi) is 5.02. The highest BCUT2D eigenvalue weighted by Gasteiger charge is 2.53. The first kappa shape index (κ1) is 22.5. The predicted octanol–water partition coefficient (Wildman–Crippen LogP) is 2.05. The molecular formula is C22H31B3O6.